The average Bonchev–Trinajstić information content (AvgIpc) is 3.37. The van der Waals surface area contributed by atoms with E-state index in [0.29, 0.717) is 46.8 Å². The first-order valence-corrected chi connectivity index (χ1v) is 14.9. The minimum absolute atomic E-state index is 0.123. The molecule has 2 atom stereocenters. The largest absolute Gasteiger partial charge is 0.497 e. The minimum Gasteiger partial charge on any atom is -0.497 e. The third-order valence-electron chi connectivity index (χ3n) is 7.11. The van der Waals surface area contributed by atoms with E-state index in [0.717, 1.165) is 11.1 Å². The molecule has 3 aromatic rings. The summed E-state index contributed by atoms with van der Waals surface area (Å²) < 4.78 is 10.6. The first-order chi connectivity index (χ1) is 20.9. The number of methoxy groups -OCH3 is 2. The normalized spacial score (nSPS) is 15.9. The number of carbonyl (C=O) groups is 3. The van der Waals surface area contributed by atoms with Crippen molar-refractivity contribution in [1.29, 1.82) is 0 Å². The zero-order valence-electron chi connectivity index (χ0n) is 24.2. The molecule has 222 valence electrons. The van der Waals surface area contributed by atoms with Gasteiger partial charge in [0, 0.05) is 35.8 Å². The van der Waals surface area contributed by atoms with E-state index in [-0.39, 0.29) is 30.6 Å². The van der Waals surface area contributed by atoms with Gasteiger partial charge in [0.15, 0.2) is 5.17 Å². The molecule has 0 aromatic heterocycles. The Morgan fingerprint density at radius 1 is 1.02 bits per heavy atom. The predicted molar refractivity (Wildman–Crippen MR) is 168 cm³/mol. The Labute approximate surface area is 254 Å². The highest BCUT2D eigenvalue weighted by Gasteiger charge is 2.42. The lowest BCUT2D eigenvalue weighted by molar-refractivity contribution is -0.125. The molecule has 0 unspecified atom stereocenters. The summed E-state index contributed by atoms with van der Waals surface area (Å²) in [6.45, 7) is 2.23. The standard InChI is InChI=1S/C32H33N5O5S/c1-4-27(30(39)34-21-11-9-12-22(18-21)41-2)43-32-36-24-14-7-6-13-23(24)29-35-25(31(40)37(29)32)16-17-28(38)33-19-20-10-5-8-15-26(20)42-3/h5-15,18,25,27H,4,16-17,19H2,1-3H3,(H,33,38)(H,34,39)/t25-,27+/m0/s1. The molecular weight excluding hydrogens is 566 g/mol. The Bertz CT molecular complexity index is 1590. The Morgan fingerprint density at radius 2 is 1.81 bits per heavy atom. The summed E-state index contributed by atoms with van der Waals surface area (Å²) in [5, 5.41) is 5.70. The molecule has 2 aliphatic heterocycles. The van der Waals surface area contributed by atoms with E-state index >= 15 is 0 Å². The van der Waals surface area contributed by atoms with E-state index in [1.165, 1.54) is 16.7 Å². The van der Waals surface area contributed by atoms with Gasteiger partial charge in [0.1, 0.15) is 23.4 Å². The fourth-order valence-electron chi connectivity index (χ4n) is 4.84. The van der Waals surface area contributed by atoms with E-state index in [1.807, 2.05) is 55.5 Å². The van der Waals surface area contributed by atoms with E-state index < -0.39 is 11.3 Å². The van der Waals surface area contributed by atoms with Crippen LogP contribution in [-0.2, 0) is 20.9 Å². The second-order valence-electron chi connectivity index (χ2n) is 9.92. The molecule has 3 aromatic carbocycles. The van der Waals surface area contributed by atoms with Gasteiger partial charge >= 0.3 is 0 Å². The first-order valence-electron chi connectivity index (χ1n) is 14.0. The Morgan fingerprint density at radius 3 is 2.60 bits per heavy atom. The van der Waals surface area contributed by atoms with Crippen molar-refractivity contribution >= 4 is 51.9 Å². The Balaban J connectivity index is 1.28. The van der Waals surface area contributed by atoms with Crippen LogP contribution in [0.2, 0.25) is 0 Å². The number of benzene rings is 3. The number of para-hydroxylation sites is 2. The zero-order chi connectivity index (χ0) is 30.3. The smallest absolute Gasteiger partial charge is 0.259 e. The Hall–Kier alpha value is -4.64. The molecule has 10 nitrogen and oxygen atoms in total. The van der Waals surface area contributed by atoms with Crippen molar-refractivity contribution in [3.05, 3.63) is 83.9 Å². The topological polar surface area (TPSA) is 122 Å². The number of rotatable bonds is 11. The third kappa shape index (κ3) is 6.72. The molecule has 5 rings (SSSR count). The summed E-state index contributed by atoms with van der Waals surface area (Å²) in [6, 6.07) is 21.3. The highest BCUT2D eigenvalue weighted by molar-refractivity contribution is 8.15. The fraction of sp³-hybridized carbons (Fsp3) is 0.281. The second kappa shape index (κ2) is 13.6. The van der Waals surface area contributed by atoms with Crippen LogP contribution >= 0.6 is 11.8 Å². The first kappa shape index (κ1) is 29.8. The number of nitrogens with zero attached hydrogens (tertiary/aromatic N) is 3. The van der Waals surface area contributed by atoms with Gasteiger partial charge in [0.05, 0.1) is 25.2 Å². The summed E-state index contributed by atoms with van der Waals surface area (Å²) in [5.74, 6) is 1.15. The molecule has 0 aliphatic carbocycles. The molecule has 0 radical (unpaired) electrons. The van der Waals surface area contributed by atoms with Crippen LogP contribution in [0.5, 0.6) is 11.5 Å². The average molecular weight is 600 g/mol. The summed E-state index contributed by atoms with van der Waals surface area (Å²) in [5.41, 5.74) is 2.88. The number of aliphatic imine (C=N–C) groups is 2. The van der Waals surface area contributed by atoms with Crippen molar-refractivity contribution in [3.63, 3.8) is 0 Å². The van der Waals surface area contributed by atoms with E-state index in [2.05, 4.69) is 10.6 Å². The van der Waals surface area contributed by atoms with Gasteiger partial charge < -0.3 is 20.1 Å². The van der Waals surface area contributed by atoms with Gasteiger partial charge in [-0.05, 0) is 43.2 Å². The van der Waals surface area contributed by atoms with Gasteiger partial charge in [-0.15, -0.1) is 0 Å². The quantitative estimate of drug-likeness (QED) is 0.323. The molecule has 0 saturated carbocycles. The molecule has 0 fully saturated rings. The monoisotopic (exact) mass is 599 g/mol. The summed E-state index contributed by atoms with van der Waals surface area (Å²) in [4.78, 5) is 50.7. The van der Waals surface area contributed by atoms with Crippen LogP contribution in [0.25, 0.3) is 0 Å². The van der Waals surface area contributed by atoms with Gasteiger partial charge in [-0.1, -0.05) is 55.1 Å². The molecule has 0 bridgehead atoms. The maximum atomic E-state index is 13.7. The van der Waals surface area contributed by atoms with Gasteiger partial charge in [-0.3, -0.25) is 19.4 Å². The number of amidine groups is 2. The van der Waals surface area contributed by atoms with Crippen molar-refractivity contribution in [2.24, 2.45) is 9.98 Å². The molecule has 2 heterocycles. The van der Waals surface area contributed by atoms with Crippen molar-refractivity contribution in [2.75, 3.05) is 19.5 Å². The molecule has 43 heavy (non-hydrogen) atoms. The van der Waals surface area contributed by atoms with Crippen LogP contribution in [-0.4, -0.2) is 59.1 Å². The molecule has 3 amide bonds. The number of nitrogens with one attached hydrogen (secondary N) is 2. The van der Waals surface area contributed by atoms with Crippen LogP contribution in [0.3, 0.4) is 0 Å². The van der Waals surface area contributed by atoms with Gasteiger partial charge in [-0.2, -0.15) is 0 Å². The number of carbonyl (C=O) groups excluding carboxylic acids is 3. The SMILES string of the molecule is CC[C@@H](SC1=Nc2ccccc2C2=N[C@@H](CCC(=O)NCc3ccccc3OC)C(=O)N12)C(=O)Nc1cccc(OC)c1. The van der Waals surface area contributed by atoms with Crippen molar-refractivity contribution in [2.45, 2.75) is 44.0 Å². The van der Waals surface area contributed by atoms with Crippen LogP contribution in [0.4, 0.5) is 11.4 Å². The lowest BCUT2D eigenvalue weighted by Gasteiger charge is -2.27. The van der Waals surface area contributed by atoms with Crippen LogP contribution < -0.4 is 20.1 Å². The zero-order valence-corrected chi connectivity index (χ0v) is 25.0. The van der Waals surface area contributed by atoms with Gasteiger partial charge in [0.2, 0.25) is 11.8 Å². The maximum Gasteiger partial charge on any atom is 0.259 e. The molecular formula is C32H33N5O5S. The van der Waals surface area contributed by atoms with Crippen molar-refractivity contribution < 1.29 is 23.9 Å². The third-order valence-corrected chi connectivity index (χ3v) is 8.43. The predicted octanol–water partition coefficient (Wildman–Crippen LogP) is 4.91. The lowest BCUT2D eigenvalue weighted by Crippen LogP contribution is -2.42. The fourth-order valence-corrected chi connectivity index (χ4v) is 5.86. The lowest BCUT2D eigenvalue weighted by atomic mass is 10.1. The number of hydrogen-bond acceptors (Lipinski definition) is 8. The molecule has 2 aliphatic rings. The number of ether oxygens (including phenoxy) is 2. The second-order valence-corrected chi connectivity index (χ2v) is 11.1. The number of hydrogen-bond donors (Lipinski definition) is 2. The molecule has 0 saturated heterocycles. The summed E-state index contributed by atoms with van der Waals surface area (Å²) in [6.07, 6.45) is 0.869. The molecule has 0 spiro atoms. The van der Waals surface area contributed by atoms with Crippen LogP contribution in [0, 0.1) is 0 Å². The highest BCUT2D eigenvalue weighted by atomic mass is 32.2. The number of anilines is 1. The van der Waals surface area contributed by atoms with Crippen LogP contribution in [0.1, 0.15) is 37.3 Å². The summed E-state index contributed by atoms with van der Waals surface area (Å²) >= 11 is 1.22. The van der Waals surface area contributed by atoms with Gasteiger partial charge in [-0.25, -0.2) is 9.89 Å². The van der Waals surface area contributed by atoms with Crippen LogP contribution in [0.15, 0.2) is 82.8 Å². The van der Waals surface area contributed by atoms with E-state index in [1.54, 1.807) is 38.5 Å². The highest BCUT2D eigenvalue weighted by Crippen LogP contribution is 2.36. The molecule has 11 heteroatoms. The van der Waals surface area contributed by atoms with Crippen molar-refractivity contribution in [1.82, 2.24) is 10.2 Å². The number of fused-ring (bicyclic) bond motifs is 3. The van der Waals surface area contributed by atoms with Gasteiger partial charge in [0.25, 0.3) is 5.91 Å². The number of thioether (sulfide) groups is 1. The van der Waals surface area contributed by atoms with E-state index in [9.17, 15) is 14.4 Å². The van der Waals surface area contributed by atoms with Crippen molar-refractivity contribution in [3.8, 4) is 11.5 Å². The molecule has 2 N–H and O–H groups in total. The Kier molecular flexibility index (Phi) is 9.41. The maximum absolute atomic E-state index is 13.7. The summed E-state index contributed by atoms with van der Waals surface area (Å²) in [7, 11) is 3.16. The number of amides is 3. The van der Waals surface area contributed by atoms with E-state index in [4.69, 9.17) is 19.5 Å². The minimum atomic E-state index is -0.741.